The molecule has 3 heteroatoms. The van der Waals surface area contributed by atoms with Crippen LogP contribution in [0.15, 0.2) is 0 Å². The summed E-state index contributed by atoms with van der Waals surface area (Å²) in [5.74, 6) is 0.768. The summed E-state index contributed by atoms with van der Waals surface area (Å²) in [5.41, 5.74) is 6.04. The van der Waals surface area contributed by atoms with Gasteiger partial charge in [0.25, 0.3) is 0 Å². The van der Waals surface area contributed by atoms with Crippen molar-refractivity contribution in [2.24, 2.45) is 11.7 Å². The maximum Gasteiger partial charge on any atom is 0.0658 e. The molecule has 0 aliphatic heterocycles. The lowest BCUT2D eigenvalue weighted by molar-refractivity contribution is 0.00506. The van der Waals surface area contributed by atoms with Crippen molar-refractivity contribution in [2.45, 2.75) is 52.5 Å². The first-order valence-corrected chi connectivity index (χ1v) is 7.08. The Kier molecular flexibility index (Phi) is 8.83. The van der Waals surface area contributed by atoms with Gasteiger partial charge in [0, 0.05) is 20.2 Å². The lowest BCUT2D eigenvalue weighted by Crippen LogP contribution is -2.57. The third kappa shape index (κ3) is 4.57. The van der Waals surface area contributed by atoms with Crippen molar-refractivity contribution in [2.75, 3.05) is 33.4 Å². The molecule has 0 saturated carbocycles. The number of hydrogen-bond acceptors (Lipinski definition) is 3. The van der Waals surface area contributed by atoms with E-state index in [9.17, 15) is 0 Å². The van der Waals surface area contributed by atoms with Crippen molar-refractivity contribution in [3.63, 3.8) is 0 Å². The van der Waals surface area contributed by atoms with E-state index in [-0.39, 0.29) is 5.54 Å². The minimum absolute atomic E-state index is 0.0199. The summed E-state index contributed by atoms with van der Waals surface area (Å²) in [5, 5.41) is 0. The molecule has 0 heterocycles. The number of nitrogens with zero attached hydrogens (tertiary/aromatic N) is 1. The van der Waals surface area contributed by atoms with Crippen molar-refractivity contribution in [3.8, 4) is 0 Å². The van der Waals surface area contributed by atoms with E-state index < -0.39 is 0 Å². The first-order valence-electron chi connectivity index (χ1n) is 7.08. The maximum atomic E-state index is 6.02. The highest BCUT2D eigenvalue weighted by molar-refractivity contribution is 4.91. The molecule has 1 atom stereocenters. The molecule has 0 aromatic carbocycles. The number of likely N-dealkylation sites (N-methyl/N-ethyl adjacent to an activating group) is 1. The smallest absolute Gasteiger partial charge is 0.0658 e. The van der Waals surface area contributed by atoms with Crippen LogP contribution in [0.5, 0.6) is 0 Å². The summed E-state index contributed by atoms with van der Waals surface area (Å²) in [4.78, 5) is 2.52. The Balaban J connectivity index is 4.76. The molecule has 0 aromatic heterocycles. The van der Waals surface area contributed by atoms with E-state index in [1.165, 1.54) is 12.8 Å². The minimum atomic E-state index is 0.0199. The molecular formula is C14H32N2O. The van der Waals surface area contributed by atoms with Gasteiger partial charge in [0.05, 0.1) is 12.1 Å². The van der Waals surface area contributed by atoms with Crippen molar-refractivity contribution < 1.29 is 4.74 Å². The number of rotatable bonds is 10. The molecule has 0 bridgehead atoms. The van der Waals surface area contributed by atoms with Gasteiger partial charge >= 0.3 is 0 Å². The van der Waals surface area contributed by atoms with Gasteiger partial charge in [0.1, 0.15) is 0 Å². The van der Waals surface area contributed by atoms with Crippen LogP contribution >= 0.6 is 0 Å². The number of nitrogens with two attached hydrogens (primary N) is 1. The Hall–Kier alpha value is -0.120. The van der Waals surface area contributed by atoms with Crippen LogP contribution in [0.4, 0.5) is 0 Å². The summed E-state index contributed by atoms with van der Waals surface area (Å²) in [6.45, 7) is 12.6. The largest absolute Gasteiger partial charge is 0.383 e. The first kappa shape index (κ1) is 16.9. The molecule has 0 fully saturated rings. The van der Waals surface area contributed by atoms with Gasteiger partial charge in [-0.05, 0) is 18.9 Å². The fourth-order valence-electron chi connectivity index (χ4n) is 2.53. The molecule has 0 saturated heterocycles. The molecule has 104 valence electrons. The Morgan fingerprint density at radius 2 is 1.76 bits per heavy atom. The van der Waals surface area contributed by atoms with E-state index in [4.69, 9.17) is 10.5 Å². The summed E-state index contributed by atoms with van der Waals surface area (Å²) in [6, 6.07) is 0. The molecular weight excluding hydrogens is 212 g/mol. The predicted molar refractivity (Wildman–Crippen MR) is 75.3 cm³/mol. The minimum Gasteiger partial charge on any atom is -0.383 e. The van der Waals surface area contributed by atoms with Gasteiger partial charge in [-0.25, -0.2) is 0 Å². The number of ether oxygens (including phenoxy) is 1. The molecule has 17 heavy (non-hydrogen) atoms. The zero-order valence-corrected chi connectivity index (χ0v) is 12.5. The molecule has 0 spiro atoms. The second-order valence-electron chi connectivity index (χ2n) is 4.94. The molecule has 2 N–H and O–H groups in total. The second kappa shape index (κ2) is 8.90. The van der Waals surface area contributed by atoms with Crippen LogP contribution in [0, 0.1) is 5.92 Å². The SMILES string of the molecule is CCC(CC)CN(CC)C(CC)(CN)COC. The van der Waals surface area contributed by atoms with Gasteiger partial charge < -0.3 is 10.5 Å². The standard InChI is InChI=1S/C14H32N2O/c1-6-13(7-2)10-16(9-4)14(8-3,11-15)12-17-5/h13H,6-12,15H2,1-5H3. The third-order valence-electron chi connectivity index (χ3n) is 4.14. The van der Waals surface area contributed by atoms with E-state index in [1.807, 2.05) is 0 Å². The van der Waals surface area contributed by atoms with Gasteiger partial charge in [0.15, 0.2) is 0 Å². The molecule has 0 rings (SSSR count). The van der Waals surface area contributed by atoms with Gasteiger partial charge in [-0.15, -0.1) is 0 Å². The van der Waals surface area contributed by atoms with Crippen LogP contribution in [0.3, 0.4) is 0 Å². The monoisotopic (exact) mass is 244 g/mol. The highest BCUT2D eigenvalue weighted by atomic mass is 16.5. The quantitative estimate of drug-likeness (QED) is 0.642. The van der Waals surface area contributed by atoms with Crippen LogP contribution in [0.2, 0.25) is 0 Å². The molecule has 0 radical (unpaired) electrons. The Bertz CT molecular complexity index is 177. The van der Waals surface area contributed by atoms with Crippen molar-refractivity contribution in [3.05, 3.63) is 0 Å². The van der Waals surface area contributed by atoms with Crippen LogP contribution in [0.1, 0.15) is 47.0 Å². The molecule has 0 amide bonds. The fourth-order valence-corrected chi connectivity index (χ4v) is 2.53. The number of hydrogen-bond donors (Lipinski definition) is 1. The molecule has 1 unspecified atom stereocenters. The summed E-state index contributed by atoms with van der Waals surface area (Å²) in [7, 11) is 1.77. The molecule has 3 nitrogen and oxygen atoms in total. The van der Waals surface area contributed by atoms with E-state index in [1.54, 1.807) is 7.11 Å². The van der Waals surface area contributed by atoms with Crippen molar-refractivity contribution in [1.29, 1.82) is 0 Å². The van der Waals surface area contributed by atoms with Crippen LogP contribution in [-0.2, 0) is 4.74 Å². The highest BCUT2D eigenvalue weighted by Crippen LogP contribution is 2.22. The van der Waals surface area contributed by atoms with Crippen LogP contribution in [-0.4, -0.2) is 43.8 Å². The summed E-state index contributed by atoms with van der Waals surface area (Å²) >= 11 is 0. The zero-order chi connectivity index (χ0) is 13.3. The van der Waals surface area contributed by atoms with Crippen LogP contribution in [0.25, 0.3) is 0 Å². The summed E-state index contributed by atoms with van der Waals surface area (Å²) in [6.07, 6.45) is 3.53. The Morgan fingerprint density at radius 3 is 2.06 bits per heavy atom. The highest BCUT2D eigenvalue weighted by Gasteiger charge is 2.33. The maximum absolute atomic E-state index is 6.02. The zero-order valence-electron chi connectivity index (χ0n) is 12.5. The van der Waals surface area contributed by atoms with Gasteiger partial charge in [-0.3, -0.25) is 4.90 Å². The molecule has 0 aliphatic rings. The third-order valence-corrected chi connectivity index (χ3v) is 4.14. The number of methoxy groups -OCH3 is 1. The van der Waals surface area contributed by atoms with E-state index in [0.29, 0.717) is 6.54 Å². The predicted octanol–water partition coefficient (Wildman–Crippen LogP) is 2.50. The van der Waals surface area contributed by atoms with Gasteiger partial charge in [0.2, 0.25) is 0 Å². The van der Waals surface area contributed by atoms with Gasteiger partial charge in [-0.1, -0.05) is 40.5 Å². The van der Waals surface area contributed by atoms with Crippen molar-refractivity contribution in [1.82, 2.24) is 4.90 Å². The lowest BCUT2D eigenvalue weighted by atomic mass is 9.92. The van der Waals surface area contributed by atoms with E-state index in [0.717, 1.165) is 32.0 Å². The van der Waals surface area contributed by atoms with E-state index in [2.05, 4.69) is 32.6 Å². The normalized spacial score (nSPS) is 15.5. The van der Waals surface area contributed by atoms with E-state index >= 15 is 0 Å². The lowest BCUT2D eigenvalue weighted by Gasteiger charge is -2.43. The average Bonchev–Trinajstić information content (AvgIpc) is 2.38. The summed E-state index contributed by atoms with van der Waals surface area (Å²) < 4.78 is 5.40. The molecule has 0 aromatic rings. The fraction of sp³-hybridized carbons (Fsp3) is 1.00. The second-order valence-corrected chi connectivity index (χ2v) is 4.94. The first-order chi connectivity index (χ1) is 8.13. The Labute approximate surface area is 108 Å². The molecule has 0 aliphatic carbocycles. The van der Waals surface area contributed by atoms with Crippen LogP contribution < -0.4 is 5.73 Å². The Morgan fingerprint density at radius 1 is 1.18 bits per heavy atom. The topological polar surface area (TPSA) is 38.5 Å². The van der Waals surface area contributed by atoms with Crippen molar-refractivity contribution >= 4 is 0 Å². The average molecular weight is 244 g/mol. The van der Waals surface area contributed by atoms with Gasteiger partial charge in [-0.2, -0.15) is 0 Å².